The minimum absolute atomic E-state index is 0.0589. The van der Waals surface area contributed by atoms with Gasteiger partial charge in [0.2, 0.25) is 0 Å². The van der Waals surface area contributed by atoms with E-state index in [1.165, 1.54) is 6.07 Å². The number of piperidine rings is 1. The monoisotopic (exact) mass is 366 g/mol. The van der Waals surface area contributed by atoms with Crippen molar-refractivity contribution in [3.8, 4) is 5.75 Å². The Balaban J connectivity index is 1.50. The molecule has 1 atom stereocenters. The average molecular weight is 366 g/mol. The van der Waals surface area contributed by atoms with Crippen molar-refractivity contribution in [3.05, 3.63) is 60.2 Å². The first-order valence-corrected chi connectivity index (χ1v) is 9.04. The van der Waals surface area contributed by atoms with Gasteiger partial charge in [-0.2, -0.15) is 0 Å². The molecule has 140 valence electrons. The Morgan fingerprint density at radius 1 is 1.33 bits per heavy atom. The number of aromatic nitrogens is 5. The largest absolute Gasteiger partial charge is 0.508 e. The molecule has 0 radical (unpaired) electrons. The van der Waals surface area contributed by atoms with Gasteiger partial charge in [-0.1, -0.05) is 6.07 Å². The first kappa shape index (κ1) is 17.3. The predicted molar refractivity (Wildman–Crippen MR) is 98.3 cm³/mol. The second kappa shape index (κ2) is 7.22. The maximum atomic E-state index is 12.8. The number of aromatic hydroxyl groups is 1. The van der Waals surface area contributed by atoms with Gasteiger partial charge < -0.3 is 19.1 Å². The molecule has 1 aliphatic heterocycles. The smallest absolute Gasteiger partial charge is 0.254 e. The third-order valence-electron chi connectivity index (χ3n) is 5.05. The average Bonchev–Trinajstić information content (AvgIpc) is 3.32. The quantitative estimate of drug-likeness (QED) is 0.760. The van der Waals surface area contributed by atoms with Crippen LogP contribution in [0.5, 0.6) is 5.75 Å². The van der Waals surface area contributed by atoms with Crippen LogP contribution < -0.4 is 0 Å². The van der Waals surface area contributed by atoms with Gasteiger partial charge in [-0.15, -0.1) is 10.2 Å². The lowest BCUT2D eigenvalue weighted by Crippen LogP contribution is -2.39. The summed E-state index contributed by atoms with van der Waals surface area (Å²) in [4.78, 5) is 18.7. The molecule has 1 fully saturated rings. The van der Waals surface area contributed by atoms with Crippen LogP contribution in [-0.4, -0.2) is 53.3 Å². The summed E-state index contributed by atoms with van der Waals surface area (Å²) in [6, 6.07) is 6.50. The number of carbonyl (C=O) groups is 1. The van der Waals surface area contributed by atoms with E-state index in [1.807, 2.05) is 27.3 Å². The maximum Gasteiger partial charge on any atom is 0.254 e. The van der Waals surface area contributed by atoms with Crippen molar-refractivity contribution in [1.29, 1.82) is 0 Å². The molecule has 3 heterocycles. The van der Waals surface area contributed by atoms with Crippen molar-refractivity contribution in [2.75, 3.05) is 13.1 Å². The summed E-state index contributed by atoms with van der Waals surface area (Å²) in [5.41, 5.74) is 0.509. The van der Waals surface area contributed by atoms with Crippen LogP contribution in [0.4, 0.5) is 0 Å². The molecule has 8 nitrogen and oxygen atoms in total. The molecule has 1 unspecified atom stereocenters. The molecule has 3 aromatic rings. The summed E-state index contributed by atoms with van der Waals surface area (Å²) < 4.78 is 3.97. The van der Waals surface area contributed by atoms with Crippen molar-refractivity contribution < 1.29 is 9.90 Å². The highest BCUT2D eigenvalue weighted by Crippen LogP contribution is 2.27. The molecule has 27 heavy (non-hydrogen) atoms. The van der Waals surface area contributed by atoms with E-state index in [0.29, 0.717) is 25.2 Å². The molecule has 1 amide bonds. The highest BCUT2D eigenvalue weighted by molar-refractivity contribution is 5.94. The number of likely N-dealkylation sites (tertiary alicyclic amines) is 1. The molecule has 1 N–H and O–H groups in total. The van der Waals surface area contributed by atoms with E-state index in [1.54, 1.807) is 30.7 Å². The number of carbonyl (C=O) groups excluding carboxylic acids is 1. The SMILES string of the molecule is Cn1c(Cn2ccnc2)nnc1C1CCCN(C(=O)c2cccc(O)c2)C1. The number of nitrogens with zero attached hydrogens (tertiary/aromatic N) is 6. The van der Waals surface area contributed by atoms with Crippen molar-refractivity contribution in [1.82, 2.24) is 29.2 Å². The van der Waals surface area contributed by atoms with E-state index in [9.17, 15) is 9.90 Å². The predicted octanol–water partition coefficient (Wildman–Crippen LogP) is 1.79. The fraction of sp³-hybridized carbons (Fsp3) is 0.368. The fourth-order valence-corrected chi connectivity index (χ4v) is 3.61. The number of hydrogen-bond acceptors (Lipinski definition) is 5. The molecular formula is C19H22N6O2. The number of rotatable bonds is 4. The second-order valence-corrected chi connectivity index (χ2v) is 6.91. The summed E-state index contributed by atoms with van der Waals surface area (Å²) in [6.07, 6.45) is 7.28. The van der Waals surface area contributed by atoms with Crippen LogP contribution in [0, 0.1) is 0 Å². The van der Waals surface area contributed by atoms with E-state index < -0.39 is 0 Å². The fourth-order valence-electron chi connectivity index (χ4n) is 3.61. The van der Waals surface area contributed by atoms with Crippen LogP contribution in [0.25, 0.3) is 0 Å². The van der Waals surface area contributed by atoms with Crippen molar-refractivity contribution >= 4 is 5.91 Å². The van der Waals surface area contributed by atoms with E-state index in [0.717, 1.165) is 24.5 Å². The summed E-state index contributed by atoms with van der Waals surface area (Å²) in [5, 5.41) is 18.4. The molecule has 2 aromatic heterocycles. The Bertz CT molecular complexity index is 934. The summed E-state index contributed by atoms with van der Waals surface area (Å²) in [6.45, 7) is 1.93. The molecule has 8 heteroatoms. The number of phenolic OH excluding ortho intramolecular Hbond substituents is 1. The van der Waals surface area contributed by atoms with Gasteiger partial charge in [-0.3, -0.25) is 4.79 Å². The lowest BCUT2D eigenvalue weighted by Gasteiger charge is -2.32. The zero-order chi connectivity index (χ0) is 18.8. The molecule has 0 saturated carbocycles. The van der Waals surface area contributed by atoms with Crippen molar-refractivity contribution in [3.63, 3.8) is 0 Å². The number of imidazole rings is 1. The van der Waals surface area contributed by atoms with Crippen LogP contribution in [0.15, 0.2) is 43.0 Å². The molecule has 4 rings (SSSR count). The van der Waals surface area contributed by atoms with Gasteiger partial charge in [0.1, 0.15) is 11.6 Å². The van der Waals surface area contributed by atoms with Crippen LogP contribution >= 0.6 is 0 Å². The highest BCUT2D eigenvalue weighted by Gasteiger charge is 2.29. The van der Waals surface area contributed by atoms with Gasteiger partial charge in [0.25, 0.3) is 5.91 Å². The van der Waals surface area contributed by atoms with E-state index >= 15 is 0 Å². The minimum atomic E-state index is -0.0589. The summed E-state index contributed by atoms with van der Waals surface area (Å²) in [5.74, 6) is 1.95. The van der Waals surface area contributed by atoms with Gasteiger partial charge in [0.15, 0.2) is 5.82 Å². The molecule has 0 spiro atoms. The summed E-state index contributed by atoms with van der Waals surface area (Å²) >= 11 is 0. The maximum absolute atomic E-state index is 12.8. The van der Waals surface area contributed by atoms with E-state index in [4.69, 9.17) is 0 Å². The Hall–Kier alpha value is -3.16. The van der Waals surface area contributed by atoms with Gasteiger partial charge in [-0.05, 0) is 31.0 Å². The van der Waals surface area contributed by atoms with Gasteiger partial charge in [-0.25, -0.2) is 4.98 Å². The normalized spacial score (nSPS) is 17.2. The van der Waals surface area contributed by atoms with E-state index in [-0.39, 0.29) is 17.6 Å². The second-order valence-electron chi connectivity index (χ2n) is 6.91. The topological polar surface area (TPSA) is 89.1 Å². The molecular weight excluding hydrogens is 344 g/mol. The lowest BCUT2D eigenvalue weighted by atomic mass is 9.96. The Morgan fingerprint density at radius 3 is 3.00 bits per heavy atom. The number of amides is 1. The molecule has 0 bridgehead atoms. The van der Waals surface area contributed by atoms with Crippen LogP contribution in [0.1, 0.15) is 40.8 Å². The first-order chi connectivity index (χ1) is 13.1. The third kappa shape index (κ3) is 3.55. The molecule has 0 aliphatic carbocycles. The van der Waals surface area contributed by atoms with Crippen LogP contribution in [0.2, 0.25) is 0 Å². The minimum Gasteiger partial charge on any atom is -0.508 e. The standard InChI is InChI=1S/C19H22N6O2/c1-23-17(12-24-9-7-20-13-24)21-22-18(23)15-5-3-8-25(11-15)19(27)14-4-2-6-16(26)10-14/h2,4,6-7,9-10,13,15,26H,3,5,8,11-12H2,1H3. The highest BCUT2D eigenvalue weighted by atomic mass is 16.3. The lowest BCUT2D eigenvalue weighted by molar-refractivity contribution is 0.0703. The van der Waals surface area contributed by atoms with Gasteiger partial charge in [0.05, 0.1) is 12.9 Å². The number of phenols is 1. The van der Waals surface area contributed by atoms with Gasteiger partial charge in [0, 0.05) is 44.0 Å². The molecule has 1 aromatic carbocycles. The number of benzene rings is 1. The molecule has 1 aliphatic rings. The Labute approximate surface area is 157 Å². The Kier molecular flexibility index (Phi) is 4.62. The van der Waals surface area contributed by atoms with Crippen molar-refractivity contribution in [2.24, 2.45) is 7.05 Å². The van der Waals surface area contributed by atoms with Crippen molar-refractivity contribution in [2.45, 2.75) is 25.3 Å². The third-order valence-corrected chi connectivity index (χ3v) is 5.05. The first-order valence-electron chi connectivity index (χ1n) is 9.04. The van der Waals surface area contributed by atoms with E-state index in [2.05, 4.69) is 15.2 Å². The van der Waals surface area contributed by atoms with Crippen LogP contribution in [0.3, 0.4) is 0 Å². The van der Waals surface area contributed by atoms with Crippen LogP contribution in [-0.2, 0) is 13.6 Å². The van der Waals surface area contributed by atoms with Gasteiger partial charge >= 0.3 is 0 Å². The molecule has 1 saturated heterocycles. The zero-order valence-electron chi connectivity index (χ0n) is 15.2. The Morgan fingerprint density at radius 2 is 2.22 bits per heavy atom. The number of hydrogen-bond donors (Lipinski definition) is 1. The summed E-state index contributed by atoms with van der Waals surface area (Å²) in [7, 11) is 1.97. The zero-order valence-corrected chi connectivity index (χ0v) is 15.2.